The van der Waals surface area contributed by atoms with Crippen LogP contribution in [0.1, 0.15) is 25.0 Å². The Morgan fingerprint density at radius 1 is 0.462 bits per heavy atom. The van der Waals surface area contributed by atoms with Gasteiger partial charge in [0.15, 0.2) is 0 Å². The fourth-order valence-electron chi connectivity index (χ4n) is 8.83. The van der Waals surface area contributed by atoms with E-state index in [2.05, 4.69) is 152 Å². The molecule has 2 heterocycles. The Balaban J connectivity index is 1.17. The van der Waals surface area contributed by atoms with E-state index in [-0.39, 0.29) is 5.41 Å². The molecule has 0 spiro atoms. The summed E-state index contributed by atoms with van der Waals surface area (Å²) in [5, 5.41) is 7.69. The Morgan fingerprint density at radius 3 is 1.79 bits per heavy atom. The normalized spacial score (nSPS) is 13.3. The summed E-state index contributed by atoms with van der Waals surface area (Å²) in [6, 6.07) is 59.2. The summed E-state index contributed by atoms with van der Waals surface area (Å²) >= 11 is 0. The number of hydrogen-bond acceptors (Lipinski definition) is 2. The predicted molar refractivity (Wildman–Crippen MR) is 217 cm³/mol. The minimum Gasteiger partial charge on any atom is -0.309 e. The number of nitrogens with zero attached hydrogens (tertiary/aromatic N) is 3. The second-order valence-corrected chi connectivity index (χ2v) is 14.6. The van der Waals surface area contributed by atoms with Gasteiger partial charge in [0.2, 0.25) is 0 Å². The van der Waals surface area contributed by atoms with Gasteiger partial charge in [-0.1, -0.05) is 135 Å². The topological polar surface area (TPSA) is 30.7 Å². The molecule has 0 saturated heterocycles. The van der Waals surface area contributed by atoms with Crippen LogP contribution in [0.3, 0.4) is 0 Å². The lowest BCUT2D eigenvalue weighted by Gasteiger charge is -2.22. The molecule has 3 nitrogen and oxygen atoms in total. The SMILES string of the molecule is CC1(C)c2cc3c(cc2-c2c1ccc1ccccc21)c1c2ccccc2ccc1n3-c1ccc(-c2nc3ccccc3nc2-c2ccccc2)cc1. The van der Waals surface area contributed by atoms with Crippen molar-refractivity contribution in [2.75, 3.05) is 0 Å². The number of hydrogen-bond donors (Lipinski definition) is 0. The molecule has 0 saturated carbocycles. The van der Waals surface area contributed by atoms with Gasteiger partial charge in [0.25, 0.3) is 0 Å². The van der Waals surface area contributed by atoms with Gasteiger partial charge in [-0.3, -0.25) is 0 Å². The van der Waals surface area contributed by atoms with Gasteiger partial charge in [0.05, 0.1) is 33.5 Å². The van der Waals surface area contributed by atoms with E-state index in [9.17, 15) is 0 Å². The van der Waals surface area contributed by atoms with E-state index in [0.29, 0.717) is 0 Å². The van der Waals surface area contributed by atoms with Crippen molar-refractivity contribution in [1.29, 1.82) is 0 Å². The maximum atomic E-state index is 5.18. The maximum Gasteiger partial charge on any atom is 0.0973 e. The van der Waals surface area contributed by atoms with Crippen LogP contribution in [0.4, 0.5) is 0 Å². The predicted octanol–water partition coefficient (Wildman–Crippen LogP) is 12.7. The van der Waals surface area contributed by atoms with Gasteiger partial charge >= 0.3 is 0 Å². The van der Waals surface area contributed by atoms with Gasteiger partial charge in [-0.2, -0.15) is 0 Å². The smallest absolute Gasteiger partial charge is 0.0973 e. The van der Waals surface area contributed by atoms with Crippen molar-refractivity contribution < 1.29 is 0 Å². The summed E-state index contributed by atoms with van der Waals surface area (Å²) in [6.07, 6.45) is 0. The van der Waals surface area contributed by atoms with Gasteiger partial charge in [-0.25, -0.2) is 9.97 Å². The van der Waals surface area contributed by atoms with Crippen molar-refractivity contribution in [3.05, 3.63) is 175 Å². The Bertz CT molecular complexity index is 3080. The molecule has 0 N–H and O–H groups in total. The molecule has 244 valence electrons. The summed E-state index contributed by atoms with van der Waals surface area (Å²) in [5.41, 5.74) is 14.5. The first kappa shape index (κ1) is 29.2. The molecule has 1 aliphatic rings. The molecule has 0 radical (unpaired) electrons. The third kappa shape index (κ3) is 4.08. The van der Waals surface area contributed by atoms with Crippen molar-refractivity contribution >= 4 is 54.4 Å². The number of fused-ring (bicyclic) bond motifs is 11. The number of para-hydroxylation sites is 2. The van der Waals surface area contributed by atoms with Crippen LogP contribution in [0.5, 0.6) is 0 Å². The highest BCUT2D eigenvalue weighted by molar-refractivity contribution is 6.22. The van der Waals surface area contributed by atoms with Crippen LogP contribution in [-0.4, -0.2) is 14.5 Å². The first-order chi connectivity index (χ1) is 25.5. The van der Waals surface area contributed by atoms with E-state index in [0.717, 1.165) is 39.2 Å². The molecule has 2 aromatic heterocycles. The van der Waals surface area contributed by atoms with E-state index >= 15 is 0 Å². The fraction of sp³-hybridized carbons (Fsp3) is 0.0612. The first-order valence-electron chi connectivity index (χ1n) is 18.0. The molecule has 52 heavy (non-hydrogen) atoms. The minimum atomic E-state index is -0.140. The van der Waals surface area contributed by atoms with E-state index in [1.807, 2.05) is 30.3 Å². The Morgan fingerprint density at radius 2 is 1.06 bits per heavy atom. The summed E-state index contributed by atoms with van der Waals surface area (Å²) in [6.45, 7) is 4.76. The van der Waals surface area contributed by atoms with Crippen LogP contribution in [0.15, 0.2) is 164 Å². The lowest BCUT2D eigenvalue weighted by molar-refractivity contribution is 0.661. The molecule has 0 aliphatic heterocycles. The second-order valence-electron chi connectivity index (χ2n) is 14.6. The molecule has 3 heteroatoms. The zero-order chi connectivity index (χ0) is 34.6. The van der Waals surface area contributed by atoms with Crippen LogP contribution in [0.25, 0.3) is 93.7 Å². The van der Waals surface area contributed by atoms with Crippen LogP contribution >= 0.6 is 0 Å². The average Bonchev–Trinajstić information content (AvgIpc) is 3.65. The largest absolute Gasteiger partial charge is 0.309 e. The van der Waals surface area contributed by atoms with Crippen LogP contribution in [0.2, 0.25) is 0 Å². The van der Waals surface area contributed by atoms with Gasteiger partial charge in [-0.05, 0) is 86.3 Å². The molecule has 10 aromatic rings. The van der Waals surface area contributed by atoms with Gasteiger partial charge in [0, 0.05) is 33.0 Å². The average molecular weight is 664 g/mol. The van der Waals surface area contributed by atoms with E-state index in [4.69, 9.17) is 9.97 Å². The Labute approximate surface area is 301 Å². The van der Waals surface area contributed by atoms with E-state index < -0.39 is 0 Å². The number of aromatic nitrogens is 3. The standard InChI is InChI=1S/C49H33N3/c1-49(2)39-26-22-30-12-6-8-16-35(30)45(39)37-28-38-44(29-40(37)49)52(43-27-23-31-13-7-9-17-36(31)46(38)43)34-24-20-33(21-25-34)48-47(32-14-4-3-5-15-32)50-41-18-10-11-19-42(41)51-48/h3-29H,1-2H3. The van der Waals surface area contributed by atoms with Crippen molar-refractivity contribution in [1.82, 2.24) is 14.5 Å². The molecule has 8 aromatic carbocycles. The monoisotopic (exact) mass is 663 g/mol. The zero-order valence-corrected chi connectivity index (χ0v) is 28.9. The molecule has 0 unspecified atom stereocenters. The zero-order valence-electron chi connectivity index (χ0n) is 28.9. The minimum absolute atomic E-state index is 0.140. The van der Waals surface area contributed by atoms with Gasteiger partial charge < -0.3 is 4.57 Å². The van der Waals surface area contributed by atoms with Crippen LogP contribution < -0.4 is 0 Å². The summed E-state index contributed by atoms with van der Waals surface area (Å²) in [4.78, 5) is 10.3. The Kier molecular flexibility index (Phi) is 6.01. The number of rotatable bonds is 3. The molecule has 0 amide bonds. The highest BCUT2D eigenvalue weighted by atomic mass is 15.0. The lowest BCUT2D eigenvalue weighted by atomic mass is 9.82. The summed E-state index contributed by atoms with van der Waals surface area (Å²) in [5.74, 6) is 0. The third-order valence-corrected chi connectivity index (χ3v) is 11.4. The highest BCUT2D eigenvalue weighted by Crippen LogP contribution is 2.53. The molecular weight excluding hydrogens is 631 g/mol. The van der Waals surface area contributed by atoms with Crippen molar-refractivity contribution in [3.63, 3.8) is 0 Å². The molecule has 11 rings (SSSR count). The summed E-state index contributed by atoms with van der Waals surface area (Å²) < 4.78 is 2.46. The second kappa shape index (κ2) is 10.7. The van der Waals surface area contributed by atoms with E-state index in [1.165, 1.54) is 65.6 Å². The van der Waals surface area contributed by atoms with E-state index in [1.54, 1.807) is 0 Å². The third-order valence-electron chi connectivity index (χ3n) is 11.4. The van der Waals surface area contributed by atoms with Crippen molar-refractivity contribution in [2.45, 2.75) is 19.3 Å². The van der Waals surface area contributed by atoms with Crippen LogP contribution in [0, 0.1) is 0 Å². The van der Waals surface area contributed by atoms with Crippen molar-refractivity contribution in [3.8, 4) is 39.3 Å². The van der Waals surface area contributed by atoms with Crippen molar-refractivity contribution in [2.24, 2.45) is 0 Å². The Hall–Kier alpha value is -6.58. The molecule has 0 bridgehead atoms. The fourth-order valence-corrected chi connectivity index (χ4v) is 8.83. The highest BCUT2D eigenvalue weighted by Gasteiger charge is 2.37. The first-order valence-corrected chi connectivity index (χ1v) is 18.0. The molecule has 0 atom stereocenters. The molecular formula is C49H33N3. The number of benzene rings is 8. The summed E-state index contributed by atoms with van der Waals surface area (Å²) in [7, 11) is 0. The maximum absolute atomic E-state index is 5.18. The molecule has 1 aliphatic carbocycles. The van der Waals surface area contributed by atoms with Gasteiger partial charge in [-0.15, -0.1) is 0 Å². The quantitative estimate of drug-likeness (QED) is 0.188. The molecule has 0 fully saturated rings. The van der Waals surface area contributed by atoms with Crippen LogP contribution in [-0.2, 0) is 5.41 Å². The lowest BCUT2D eigenvalue weighted by Crippen LogP contribution is -2.15. The van der Waals surface area contributed by atoms with Gasteiger partial charge in [0.1, 0.15) is 0 Å².